The van der Waals surface area contributed by atoms with Crippen LogP contribution in [0.3, 0.4) is 0 Å². The van der Waals surface area contributed by atoms with Gasteiger partial charge in [0, 0.05) is 19.4 Å². The van der Waals surface area contributed by atoms with E-state index in [1.54, 1.807) is 0 Å². The van der Waals surface area contributed by atoms with Gasteiger partial charge in [0.15, 0.2) is 6.10 Å². The first-order valence-corrected chi connectivity index (χ1v) is 29.1. The van der Waals surface area contributed by atoms with Gasteiger partial charge in [-0.05, 0) is 116 Å². The SMILES string of the molecule is CC/C=C\C/C=C\C/C=C\C/C=C\CCCCC(=O)OC(COCCCCCCCCCCCC/C=C\C/C=C\CCCCC)COC(=O)CCCCCCCCC/C=C\CCCCCCCC. The zero-order chi connectivity index (χ0) is 49.2. The summed E-state index contributed by atoms with van der Waals surface area (Å²) in [7, 11) is 0. The zero-order valence-corrected chi connectivity index (χ0v) is 45.1. The van der Waals surface area contributed by atoms with Gasteiger partial charge in [0.05, 0.1) is 6.61 Å². The monoisotopic (exact) mass is 947 g/mol. The van der Waals surface area contributed by atoms with Crippen molar-refractivity contribution in [1.29, 1.82) is 0 Å². The van der Waals surface area contributed by atoms with Crippen LogP contribution in [0.25, 0.3) is 0 Å². The minimum atomic E-state index is -0.565. The average molecular weight is 948 g/mol. The van der Waals surface area contributed by atoms with Crippen LogP contribution in [0.1, 0.15) is 278 Å². The molecule has 392 valence electrons. The molecule has 0 spiro atoms. The number of hydrogen-bond acceptors (Lipinski definition) is 5. The largest absolute Gasteiger partial charge is 0.462 e. The lowest BCUT2D eigenvalue weighted by molar-refractivity contribution is -0.163. The first-order valence-electron chi connectivity index (χ1n) is 29.1. The first-order chi connectivity index (χ1) is 33.6. The minimum Gasteiger partial charge on any atom is -0.462 e. The van der Waals surface area contributed by atoms with Gasteiger partial charge in [0.1, 0.15) is 6.61 Å². The number of ether oxygens (including phenoxy) is 3. The lowest BCUT2D eigenvalue weighted by Gasteiger charge is -2.18. The van der Waals surface area contributed by atoms with Crippen molar-refractivity contribution in [1.82, 2.24) is 0 Å². The highest BCUT2D eigenvalue weighted by atomic mass is 16.6. The molecular weight excluding hydrogens is 837 g/mol. The molecule has 0 radical (unpaired) electrons. The molecule has 0 fully saturated rings. The molecule has 0 aromatic heterocycles. The quantitative estimate of drug-likeness (QED) is 0.0345. The molecule has 0 amide bonds. The van der Waals surface area contributed by atoms with E-state index in [2.05, 4.69) is 106 Å². The smallest absolute Gasteiger partial charge is 0.306 e. The molecule has 0 heterocycles. The van der Waals surface area contributed by atoms with Gasteiger partial charge in [-0.25, -0.2) is 0 Å². The second kappa shape index (κ2) is 58.4. The lowest BCUT2D eigenvalue weighted by atomic mass is 10.1. The maximum atomic E-state index is 12.8. The van der Waals surface area contributed by atoms with E-state index >= 15 is 0 Å². The van der Waals surface area contributed by atoms with Crippen LogP contribution in [0.4, 0.5) is 0 Å². The maximum Gasteiger partial charge on any atom is 0.306 e. The van der Waals surface area contributed by atoms with E-state index < -0.39 is 6.10 Å². The zero-order valence-electron chi connectivity index (χ0n) is 45.1. The van der Waals surface area contributed by atoms with Gasteiger partial charge in [0.25, 0.3) is 0 Å². The predicted molar refractivity (Wildman–Crippen MR) is 297 cm³/mol. The topological polar surface area (TPSA) is 61.8 Å². The highest BCUT2D eigenvalue weighted by Gasteiger charge is 2.17. The molecule has 0 aliphatic heterocycles. The number of allylic oxidation sites excluding steroid dienone is 14. The predicted octanol–water partition coefficient (Wildman–Crippen LogP) is 20.0. The van der Waals surface area contributed by atoms with Crippen LogP contribution >= 0.6 is 0 Å². The molecule has 1 unspecified atom stereocenters. The fourth-order valence-corrected chi connectivity index (χ4v) is 8.06. The Morgan fingerprint density at radius 2 is 0.662 bits per heavy atom. The van der Waals surface area contributed by atoms with Gasteiger partial charge in [0.2, 0.25) is 0 Å². The summed E-state index contributed by atoms with van der Waals surface area (Å²) in [5.41, 5.74) is 0. The van der Waals surface area contributed by atoms with E-state index in [1.807, 2.05) is 0 Å². The summed E-state index contributed by atoms with van der Waals surface area (Å²) in [4.78, 5) is 25.5. The third-order valence-electron chi connectivity index (χ3n) is 12.4. The van der Waals surface area contributed by atoms with E-state index in [0.717, 1.165) is 83.5 Å². The molecule has 0 N–H and O–H groups in total. The molecular formula is C63H110O5. The van der Waals surface area contributed by atoms with Crippen LogP contribution in [0.15, 0.2) is 85.1 Å². The van der Waals surface area contributed by atoms with Crippen LogP contribution in [-0.2, 0) is 23.8 Å². The van der Waals surface area contributed by atoms with Crippen molar-refractivity contribution < 1.29 is 23.8 Å². The van der Waals surface area contributed by atoms with Crippen LogP contribution in [0.2, 0.25) is 0 Å². The Kier molecular flexibility index (Phi) is 55.9. The molecule has 0 bridgehead atoms. The van der Waals surface area contributed by atoms with Gasteiger partial charge in [-0.1, -0.05) is 234 Å². The number of hydrogen-bond donors (Lipinski definition) is 0. The fraction of sp³-hybridized carbons (Fsp3) is 0.746. The summed E-state index contributed by atoms with van der Waals surface area (Å²) in [5.74, 6) is -0.446. The van der Waals surface area contributed by atoms with Crippen molar-refractivity contribution in [3.63, 3.8) is 0 Å². The molecule has 0 aromatic carbocycles. The van der Waals surface area contributed by atoms with Gasteiger partial charge in [-0.15, -0.1) is 0 Å². The van der Waals surface area contributed by atoms with Crippen molar-refractivity contribution in [3.05, 3.63) is 85.1 Å². The van der Waals surface area contributed by atoms with Crippen LogP contribution < -0.4 is 0 Å². The second-order valence-corrected chi connectivity index (χ2v) is 19.2. The molecule has 0 aliphatic rings. The third kappa shape index (κ3) is 55.7. The Bertz CT molecular complexity index is 1250. The maximum absolute atomic E-state index is 12.8. The van der Waals surface area contributed by atoms with Gasteiger partial charge < -0.3 is 14.2 Å². The summed E-state index contributed by atoms with van der Waals surface area (Å²) < 4.78 is 17.4. The van der Waals surface area contributed by atoms with Crippen LogP contribution in [-0.4, -0.2) is 37.9 Å². The Hall–Kier alpha value is -2.92. The van der Waals surface area contributed by atoms with Crippen LogP contribution in [0.5, 0.6) is 0 Å². The second-order valence-electron chi connectivity index (χ2n) is 19.2. The van der Waals surface area contributed by atoms with E-state index in [9.17, 15) is 9.59 Å². The molecule has 5 heteroatoms. The van der Waals surface area contributed by atoms with E-state index in [0.29, 0.717) is 19.4 Å². The molecule has 0 aliphatic carbocycles. The molecule has 68 heavy (non-hydrogen) atoms. The molecule has 0 saturated carbocycles. The summed E-state index contributed by atoms with van der Waals surface area (Å²) in [6, 6.07) is 0. The van der Waals surface area contributed by atoms with Gasteiger partial charge in [-0.3, -0.25) is 9.59 Å². The number of carbonyl (C=O) groups excluding carboxylic acids is 2. The Balaban J connectivity index is 4.32. The van der Waals surface area contributed by atoms with Crippen molar-refractivity contribution in [2.75, 3.05) is 19.8 Å². The Morgan fingerprint density at radius 3 is 1.13 bits per heavy atom. The molecule has 5 nitrogen and oxygen atoms in total. The van der Waals surface area contributed by atoms with Crippen molar-refractivity contribution >= 4 is 11.9 Å². The summed E-state index contributed by atoms with van der Waals surface area (Å²) in [6.07, 6.45) is 77.5. The minimum absolute atomic E-state index is 0.0630. The Labute approximate surface area is 422 Å². The van der Waals surface area contributed by atoms with Crippen molar-refractivity contribution in [2.24, 2.45) is 0 Å². The third-order valence-corrected chi connectivity index (χ3v) is 12.4. The molecule has 1 atom stereocenters. The van der Waals surface area contributed by atoms with E-state index in [-0.39, 0.29) is 25.2 Å². The number of rotatable bonds is 53. The lowest BCUT2D eigenvalue weighted by Crippen LogP contribution is -2.30. The molecule has 0 aromatic rings. The average Bonchev–Trinajstić information content (AvgIpc) is 3.34. The summed E-state index contributed by atoms with van der Waals surface area (Å²) in [5, 5.41) is 0. The number of carbonyl (C=O) groups is 2. The highest BCUT2D eigenvalue weighted by Crippen LogP contribution is 2.15. The summed E-state index contributed by atoms with van der Waals surface area (Å²) >= 11 is 0. The molecule has 0 rings (SSSR count). The van der Waals surface area contributed by atoms with Crippen molar-refractivity contribution in [3.8, 4) is 0 Å². The standard InChI is InChI=1S/C63H110O5/c1-4-7-10-13-16-19-22-25-28-30-31-32-34-37-40-43-46-49-52-55-58-66-59-61(68-63(65)57-54-51-48-45-42-39-35-27-24-21-18-15-12-9-6-3)60-67-62(64)56-53-50-47-44-41-38-36-33-29-26-23-20-17-14-11-8-5-2/h9,12,16,18-19,21,25-29,35,42,45,61H,4-8,10-11,13-15,17,20,22-24,30-34,36-41,43-44,46-60H2,1-3H3/b12-9-,19-16-,21-18-,28-25-,29-26-,35-27-,45-42-. The van der Waals surface area contributed by atoms with Crippen molar-refractivity contribution in [2.45, 2.75) is 284 Å². The van der Waals surface area contributed by atoms with Gasteiger partial charge >= 0.3 is 11.9 Å². The normalized spacial score (nSPS) is 12.8. The highest BCUT2D eigenvalue weighted by molar-refractivity contribution is 5.70. The number of unbranched alkanes of at least 4 members (excludes halogenated alkanes) is 28. The molecule has 0 saturated heterocycles. The summed E-state index contributed by atoms with van der Waals surface area (Å²) in [6.45, 7) is 7.65. The van der Waals surface area contributed by atoms with E-state index in [4.69, 9.17) is 14.2 Å². The van der Waals surface area contributed by atoms with Crippen LogP contribution in [0, 0.1) is 0 Å². The fourth-order valence-electron chi connectivity index (χ4n) is 8.06. The first kappa shape index (κ1) is 65.1. The Morgan fingerprint density at radius 1 is 0.338 bits per heavy atom. The number of esters is 2. The van der Waals surface area contributed by atoms with Gasteiger partial charge in [-0.2, -0.15) is 0 Å². The van der Waals surface area contributed by atoms with E-state index in [1.165, 1.54) is 161 Å².